The molecule has 0 aromatic heterocycles. The molecule has 6 nitrogen and oxygen atoms in total. The van der Waals surface area contributed by atoms with Crippen molar-refractivity contribution in [3.63, 3.8) is 0 Å². The Morgan fingerprint density at radius 2 is 1.52 bits per heavy atom. The second-order valence-electron chi connectivity index (χ2n) is 7.00. The van der Waals surface area contributed by atoms with Crippen LogP contribution in [0.3, 0.4) is 0 Å². The minimum Gasteiger partial charge on any atom is -0.369 e. The predicted octanol–water partition coefficient (Wildman–Crippen LogP) is 2.44. The van der Waals surface area contributed by atoms with Crippen molar-refractivity contribution < 1.29 is 8.42 Å². The fraction of sp³-hybridized carbons (Fsp3) is 0.350. The van der Waals surface area contributed by atoms with Gasteiger partial charge < -0.3 is 15.5 Å². The van der Waals surface area contributed by atoms with E-state index in [2.05, 4.69) is 41.3 Å². The third-order valence-corrected chi connectivity index (χ3v) is 6.14. The Hall–Kier alpha value is -2.54. The molecule has 3 rings (SSSR count). The van der Waals surface area contributed by atoms with Gasteiger partial charge in [0.25, 0.3) is 10.0 Å². The van der Waals surface area contributed by atoms with Crippen molar-refractivity contribution in [2.75, 3.05) is 31.1 Å². The first-order valence-electron chi connectivity index (χ1n) is 9.00. The fourth-order valence-corrected chi connectivity index (χ4v) is 4.13. The smallest absolute Gasteiger partial charge is 0.285 e. The summed E-state index contributed by atoms with van der Waals surface area (Å²) >= 11 is 0. The highest BCUT2D eigenvalue weighted by atomic mass is 32.2. The van der Waals surface area contributed by atoms with Crippen LogP contribution < -0.4 is 10.6 Å². The van der Waals surface area contributed by atoms with Gasteiger partial charge in [-0.15, -0.1) is 4.40 Å². The third kappa shape index (κ3) is 4.42. The van der Waals surface area contributed by atoms with Crippen molar-refractivity contribution >= 4 is 21.7 Å². The van der Waals surface area contributed by atoms with E-state index < -0.39 is 10.0 Å². The fourth-order valence-electron chi connectivity index (χ4n) is 3.18. The monoisotopic (exact) mass is 386 g/mol. The number of sulfonamides is 1. The van der Waals surface area contributed by atoms with Crippen molar-refractivity contribution in [2.24, 2.45) is 10.1 Å². The molecule has 0 bridgehead atoms. The summed E-state index contributed by atoms with van der Waals surface area (Å²) in [4.78, 5) is 4.29. The van der Waals surface area contributed by atoms with Gasteiger partial charge in [-0.2, -0.15) is 8.42 Å². The quantitative estimate of drug-likeness (QED) is 0.647. The van der Waals surface area contributed by atoms with E-state index in [1.54, 1.807) is 24.3 Å². The number of nitrogens with zero attached hydrogens (tertiary/aromatic N) is 3. The summed E-state index contributed by atoms with van der Waals surface area (Å²) in [6, 6.07) is 13.0. The summed E-state index contributed by atoms with van der Waals surface area (Å²) in [5.41, 5.74) is 10.7. The lowest BCUT2D eigenvalue weighted by molar-refractivity contribution is 0.382. The Morgan fingerprint density at radius 3 is 2.15 bits per heavy atom. The summed E-state index contributed by atoms with van der Waals surface area (Å²) in [7, 11) is -3.80. The molecule has 144 valence electrons. The maximum absolute atomic E-state index is 12.5. The largest absolute Gasteiger partial charge is 0.369 e. The van der Waals surface area contributed by atoms with Gasteiger partial charge in [0.1, 0.15) is 0 Å². The average Bonchev–Trinajstić information content (AvgIpc) is 2.64. The lowest BCUT2D eigenvalue weighted by Gasteiger charge is -2.37. The molecule has 1 aliphatic rings. The molecule has 27 heavy (non-hydrogen) atoms. The number of hydrogen-bond donors (Lipinski definition) is 1. The van der Waals surface area contributed by atoms with E-state index in [0.29, 0.717) is 13.1 Å². The maximum Gasteiger partial charge on any atom is 0.285 e. The Kier molecular flexibility index (Phi) is 5.41. The van der Waals surface area contributed by atoms with Crippen LogP contribution in [0.15, 0.2) is 51.8 Å². The number of nitrogens with two attached hydrogens (primary N) is 1. The number of rotatable bonds is 3. The van der Waals surface area contributed by atoms with Crippen LogP contribution in [0.5, 0.6) is 0 Å². The molecule has 1 saturated heterocycles. The van der Waals surface area contributed by atoms with E-state index in [0.717, 1.165) is 18.7 Å². The van der Waals surface area contributed by atoms with E-state index in [4.69, 9.17) is 5.73 Å². The van der Waals surface area contributed by atoms with Crippen LogP contribution in [0, 0.1) is 20.8 Å². The van der Waals surface area contributed by atoms with E-state index in [9.17, 15) is 8.42 Å². The van der Waals surface area contributed by atoms with E-state index in [1.165, 1.54) is 16.8 Å². The molecule has 0 aliphatic carbocycles. The first-order chi connectivity index (χ1) is 12.8. The molecule has 2 N–H and O–H groups in total. The summed E-state index contributed by atoms with van der Waals surface area (Å²) in [5, 5.41) is 0. The number of aryl methyl sites for hydroxylation is 3. The molecule has 0 saturated carbocycles. The van der Waals surface area contributed by atoms with Crippen molar-refractivity contribution in [1.82, 2.24) is 4.90 Å². The van der Waals surface area contributed by atoms with E-state index in [-0.39, 0.29) is 10.9 Å². The van der Waals surface area contributed by atoms with Crippen molar-refractivity contribution in [3.05, 3.63) is 59.2 Å². The highest BCUT2D eigenvalue weighted by Gasteiger charge is 2.22. The van der Waals surface area contributed by atoms with Gasteiger partial charge in [0.15, 0.2) is 0 Å². The molecule has 2 aromatic carbocycles. The number of hydrogen-bond acceptors (Lipinski definition) is 3. The summed E-state index contributed by atoms with van der Waals surface area (Å²) < 4.78 is 28.8. The second-order valence-corrected chi connectivity index (χ2v) is 8.61. The Bertz CT molecular complexity index is 944. The zero-order chi connectivity index (χ0) is 19.6. The molecule has 1 aliphatic heterocycles. The lowest BCUT2D eigenvalue weighted by Crippen LogP contribution is -2.51. The molecule has 2 aromatic rings. The van der Waals surface area contributed by atoms with Crippen molar-refractivity contribution in [1.29, 1.82) is 0 Å². The topological polar surface area (TPSA) is 79.0 Å². The summed E-state index contributed by atoms with van der Waals surface area (Å²) in [6.45, 7) is 8.89. The van der Waals surface area contributed by atoms with Crippen molar-refractivity contribution in [3.8, 4) is 0 Å². The number of guanidine groups is 1. The molecular weight excluding hydrogens is 360 g/mol. The van der Waals surface area contributed by atoms with Crippen LogP contribution >= 0.6 is 0 Å². The molecular formula is C20H26N4O2S. The minimum absolute atomic E-state index is 0.0520. The van der Waals surface area contributed by atoms with Gasteiger partial charge in [0, 0.05) is 31.9 Å². The second kappa shape index (κ2) is 7.60. The molecule has 1 heterocycles. The number of benzene rings is 2. The Labute approximate surface area is 161 Å². The van der Waals surface area contributed by atoms with Crippen LogP contribution in [0.25, 0.3) is 0 Å². The predicted molar refractivity (Wildman–Crippen MR) is 110 cm³/mol. The Morgan fingerprint density at radius 1 is 0.926 bits per heavy atom. The van der Waals surface area contributed by atoms with Gasteiger partial charge in [-0.05, 0) is 50.1 Å². The summed E-state index contributed by atoms with van der Waals surface area (Å²) in [6.07, 6.45) is 0. The van der Waals surface area contributed by atoms with Gasteiger partial charge >= 0.3 is 0 Å². The average molecular weight is 387 g/mol. The molecule has 0 unspecified atom stereocenters. The standard InChI is InChI=1S/C20H26N4O2S/c1-15-5-8-18(9-6-15)27(25,26)22-20(21)24-12-10-23(11-13-24)19-14-16(2)4-7-17(19)3/h4-9,14H,10-13H2,1-3H3,(H2,21,22). The highest BCUT2D eigenvalue weighted by molar-refractivity contribution is 7.90. The highest BCUT2D eigenvalue weighted by Crippen LogP contribution is 2.23. The van der Waals surface area contributed by atoms with Crippen LogP contribution in [0.4, 0.5) is 5.69 Å². The van der Waals surface area contributed by atoms with Gasteiger partial charge in [-0.1, -0.05) is 29.8 Å². The van der Waals surface area contributed by atoms with E-state index >= 15 is 0 Å². The number of piperazine rings is 1. The van der Waals surface area contributed by atoms with Crippen molar-refractivity contribution in [2.45, 2.75) is 25.7 Å². The van der Waals surface area contributed by atoms with Gasteiger partial charge in [-0.25, -0.2) is 0 Å². The summed E-state index contributed by atoms with van der Waals surface area (Å²) in [5.74, 6) is 0.0520. The zero-order valence-corrected chi connectivity index (χ0v) is 16.8. The van der Waals surface area contributed by atoms with Crippen LogP contribution in [-0.2, 0) is 10.0 Å². The van der Waals surface area contributed by atoms with Gasteiger partial charge in [0.2, 0.25) is 5.96 Å². The molecule has 0 atom stereocenters. The first kappa shape index (κ1) is 19.2. The number of anilines is 1. The van der Waals surface area contributed by atoms with Crippen LogP contribution in [0.2, 0.25) is 0 Å². The van der Waals surface area contributed by atoms with Crippen LogP contribution in [-0.4, -0.2) is 45.5 Å². The first-order valence-corrected chi connectivity index (χ1v) is 10.4. The normalized spacial score (nSPS) is 15.9. The van der Waals surface area contributed by atoms with Gasteiger partial charge in [-0.3, -0.25) is 0 Å². The van der Waals surface area contributed by atoms with Gasteiger partial charge in [0.05, 0.1) is 4.90 Å². The molecule has 0 spiro atoms. The zero-order valence-electron chi connectivity index (χ0n) is 16.0. The molecule has 0 radical (unpaired) electrons. The molecule has 7 heteroatoms. The third-order valence-electron chi connectivity index (χ3n) is 4.84. The Balaban J connectivity index is 1.71. The molecule has 1 fully saturated rings. The maximum atomic E-state index is 12.5. The lowest BCUT2D eigenvalue weighted by atomic mass is 10.1. The van der Waals surface area contributed by atoms with E-state index in [1.807, 2.05) is 11.8 Å². The molecule has 0 amide bonds. The van der Waals surface area contributed by atoms with Crippen LogP contribution in [0.1, 0.15) is 16.7 Å². The SMILES string of the molecule is Cc1ccc(S(=O)(=O)/N=C(\N)N2CCN(c3cc(C)ccc3C)CC2)cc1. The minimum atomic E-state index is -3.80.